The predicted molar refractivity (Wildman–Crippen MR) is 80.9 cm³/mol. The van der Waals surface area contributed by atoms with Gasteiger partial charge in [0.1, 0.15) is 11.4 Å². The number of piperidine rings is 1. The maximum atomic E-state index is 13.2. The Labute approximate surface area is 130 Å². The molecule has 22 heavy (non-hydrogen) atoms. The van der Waals surface area contributed by atoms with Gasteiger partial charge in [0.25, 0.3) is 0 Å². The molecule has 1 fully saturated rings. The topological polar surface area (TPSA) is 53.3 Å². The van der Waals surface area contributed by atoms with Crippen LogP contribution in [0.15, 0.2) is 18.2 Å². The summed E-state index contributed by atoms with van der Waals surface area (Å²) in [5, 5.41) is 9.14. The lowest BCUT2D eigenvalue weighted by atomic mass is 9.87. The average Bonchev–Trinajstić information content (AvgIpc) is 2.45. The van der Waals surface area contributed by atoms with Gasteiger partial charge in [-0.2, -0.15) is 5.26 Å². The molecule has 1 aromatic rings. The Bertz CT molecular complexity index is 594. The lowest BCUT2D eigenvalue weighted by molar-refractivity contribution is 0.0205. The molecule has 1 aromatic carbocycles. The minimum atomic E-state index is -0.501. The van der Waals surface area contributed by atoms with Crippen LogP contribution in [-0.2, 0) is 4.74 Å². The van der Waals surface area contributed by atoms with Crippen LogP contribution in [0.2, 0.25) is 0 Å². The van der Waals surface area contributed by atoms with E-state index in [1.165, 1.54) is 12.1 Å². The van der Waals surface area contributed by atoms with E-state index in [1.54, 1.807) is 11.0 Å². The molecule has 118 valence electrons. The average molecular weight is 304 g/mol. The zero-order valence-electron chi connectivity index (χ0n) is 13.2. The van der Waals surface area contributed by atoms with E-state index in [-0.39, 0.29) is 12.0 Å². The molecule has 0 radical (unpaired) electrons. The number of likely N-dealkylation sites (tertiary alicyclic amines) is 1. The van der Waals surface area contributed by atoms with Crippen molar-refractivity contribution in [2.24, 2.45) is 0 Å². The summed E-state index contributed by atoms with van der Waals surface area (Å²) in [5.74, 6) is -0.222. The standard InChI is InChI=1S/C17H21FN2O2/c1-17(2,3)22-16(21)20-8-6-12(7-9-20)15-5-4-14(18)10-13(15)11-19/h4-5,10,12H,6-9H2,1-3H3. The number of nitriles is 1. The van der Waals surface area contributed by atoms with Crippen LogP contribution in [0.5, 0.6) is 0 Å². The van der Waals surface area contributed by atoms with Gasteiger partial charge in [0.2, 0.25) is 0 Å². The third kappa shape index (κ3) is 3.97. The molecule has 1 heterocycles. The second-order valence-corrected chi connectivity index (χ2v) is 6.59. The van der Waals surface area contributed by atoms with Crippen LogP contribution >= 0.6 is 0 Å². The van der Waals surface area contributed by atoms with Gasteiger partial charge >= 0.3 is 6.09 Å². The highest BCUT2D eigenvalue weighted by Crippen LogP contribution is 2.31. The predicted octanol–water partition coefficient (Wildman–Crippen LogP) is 3.81. The molecule has 2 rings (SSSR count). The van der Waals surface area contributed by atoms with E-state index in [4.69, 9.17) is 10.00 Å². The first-order valence-corrected chi connectivity index (χ1v) is 7.47. The Morgan fingerprint density at radius 2 is 2.00 bits per heavy atom. The van der Waals surface area contributed by atoms with Crippen LogP contribution in [0, 0.1) is 17.1 Å². The fourth-order valence-electron chi connectivity index (χ4n) is 2.68. The van der Waals surface area contributed by atoms with Crippen LogP contribution in [0.3, 0.4) is 0 Å². The Morgan fingerprint density at radius 1 is 1.36 bits per heavy atom. The SMILES string of the molecule is CC(C)(C)OC(=O)N1CCC(c2ccc(F)cc2C#N)CC1. The lowest BCUT2D eigenvalue weighted by Gasteiger charge is -2.33. The van der Waals surface area contributed by atoms with Crippen molar-refractivity contribution in [2.45, 2.75) is 45.1 Å². The summed E-state index contributed by atoms with van der Waals surface area (Å²) in [6.07, 6.45) is 1.20. The number of nitrogens with zero attached hydrogens (tertiary/aromatic N) is 2. The van der Waals surface area contributed by atoms with Gasteiger partial charge in [-0.1, -0.05) is 6.07 Å². The lowest BCUT2D eigenvalue weighted by Crippen LogP contribution is -2.41. The molecule has 4 nitrogen and oxygen atoms in total. The van der Waals surface area contributed by atoms with E-state index in [0.29, 0.717) is 18.7 Å². The number of rotatable bonds is 1. The van der Waals surface area contributed by atoms with Crippen molar-refractivity contribution in [2.75, 3.05) is 13.1 Å². The molecule has 0 aliphatic carbocycles. The zero-order chi connectivity index (χ0) is 16.3. The molecule has 0 unspecified atom stereocenters. The number of hydrogen-bond donors (Lipinski definition) is 0. The van der Waals surface area contributed by atoms with Gasteiger partial charge < -0.3 is 9.64 Å². The highest BCUT2D eigenvalue weighted by atomic mass is 19.1. The Hall–Kier alpha value is -2.09. The quantitative estimate of drug-likeness (QED) is 0.792. The molecular weight excluding hydrogens is 283 g/mol. The first-order valence-electron chi connectivity index (χ1n) is 7.47. The number of carbonyl (C=O) groups is 1. The van der Waals surface area contributed by atoms with Crippen LogP contribution in [-0.4, -0.2) is 29.7 Å². The molecule has 0 spiro atoms. The molecule has 1 saturated heterocycles. The van der Waals surface area contributed by atoms with E-state index in [9.17, 15) is 9.18 Å². The number of hydrogen-bond acceptors (Lipinski definition) is 3. The van der Waals surface area contributed by atoms with Gasteiger partial charge in [-0.3, -0.25) is 0 Å². The minimum absolute atomic E-state index is 0.175. The number of ether oxygens (including phenoxy) is 1. The number of amides is 1. The van der Waals surface area contributed by atoms with Crippen molar-refractivity contribution in [3.8, 4) is 6.07 Å². The van der Waals surface area contributed by atoms with Crippen LogP contribution in [0.1, 0.15) is 50.7 Å². The first kappa shape index (κ1) is 16.3. The van der Waals surface area contributed by atoms with Crippen molar-refractivity contribution in [3.05, 3.63) is 35.1 Å². The molecule has 0 bridgehead atoms. The van der Waals surface area contributed by atoms with E-state index in [2.05, 4.69) is 6.07 Å². The third-order valence-electron chi connectivity index (χ3n) is 3.72. The molecule has 0 aromatic heterocycles. The van der Waals surface area contributed by atoms with E-state index in [1.807, 2.05) is 20.8 Å². The Morgan fingerprint density at radius 3 is 2.55 bits per heavy atom. The second kappa shape index (κ2) is 6.35. The number of benzene rings is 1. The zero-order valence-corrected chi connectivity index (χ0v) is 13.2. The van der Waals surface area contributed by atoms with E-state index < -0.39 is 11.4 Å². The summed E-state index contributed by atoms with van der Waals surface area (Å²) in [6, 6.07) is 6.39. The van der Waals surface area contributed by atoms with Crippen molar-refractivity contribution < 1.29 is 13.9 Å². The molecule has 1 aliphatic rings. The molecule has 0 atom stereocenters. The van der Waals surface area contributed by atoms with Crippen molar-refractivity contribution in [3.63, 3.8) is 0 Å². The van der Waals surface area contributed by atoms with Gasteiger partial charge in [-0.25, -0.2) is 9.18 Å². The van der Waals surface area contributed by atoms with Crippen molar-refractivity contribution in [1.29, 1.82) is 5.26 Å². The summed E-state index contributed by atoms with van der Waals surface area (Å²) in [6.45, 7) is 6.70. The molecule has 1 amide bonds. The van der Waals surface area contributed by atoms with Crippen molar-refractivity contribution >= 4 is 6.09 Å². The van der Waals surface area contributed by atoms with Crippen LogP contribution in [0.25, 0.3) is 0 Å². The Balaban J connectivity index is 2.01. The fourth-order valence-corrected chi connectivity index (χ4v) is 2.68. The third-order valence-corrected chi connectivity index (χ3v) is 3.72. The first-order chi connectivity index (χ1) is 10.3. The molecule has 1 aliphatic heterocycles. The van der Waals surface area contributed by atoms with Gasteiger partial charge in [0.05, 0.1) is 11.6 Å². The highest BCUT2D eigenvalue weighted by molar-refractivity contribution is 5.68. The smallest absolute Gasteiger partial charge is 0.410 e. The summed E-state index contributed by atoms with van der Waals surface area (Å²) in [5.41, 5.74) is 0.752. The van der Waals surface area contributed by atoms with Crippen LogP contribution < -0.4 is 0 Å². The molecule has 0 N–H and O–H groups in total. The maximum absolute atomic E-state index is 13.2. The van der Waals surface area contributed by atoms with Gasteiger partial charge in [-0.15, -0.1) is 0 Å². The largest absolute Gasteiger partial charge is 0.444 e. The summed E-state index contributed by atoms with van der Waals surface area (Å²) >= 11 is 0. The summed E-state index contributed by atoms with van der Waals surface area (Å²) in [7, 11) is 0. The normalized spacial score (nSPS) is 16.2. The minimum Gasteiger partial charge on any atom is -0.444 e. The monoisotopic (exact) mass is 304 g/mol. The van der Waals surface area contributed by atoms with Crippen molar-refractivity contribution in [1.82, 2.24) is 4.90 Å². The second-order valence-electron chi connectivity index (χ2n) is 6.59. The van der Waals surface area contributed by atoms with Gasteiger partial charge in [0, 0.05) is 13.1 Å². The Kier molecular flexibility index (Phi) is 4.70. The molecule has 5 heteroatoms. The van der Waals surface area contributed by atoms with Gasteiger partial charge in [-0.05, 0) is 57.2 Å². The number of halogens is 1. The highest BCUT2D eigenvalue weighted by Gasteiger charge is 2.28. The van der Waals surface area contributed by atoms with Gasteiger partial charge in [0.15, 0.2) is 0 Å². The van der Waals surface area contributed by atoms with E-state index >= 15 is 0 Å². The fraction of sp³-hybridized carbons (Fsp3) is 0.529. The maximum Gasteiger partial charge on any atom is 0.410 e. The number of carbonyl (C=O) groups excluding carboxylic acids is 1. The van der Waals surface area contributed by atoms with Crippen LogP contribution in [0.4, 0.5) is 9.18 Å². The summed E-state index contributed by atoms with van der Waals surface area (Å²) in [4.78, 5) is 13.7. The summed E-state index contributed by atoms with van der Waals surface area (Å²) < 4.78 is 18.6. The molecular formula is C17H21FN2O2. The van der Waals surface area contributed by atoms with E-state index in [0.717, 1.165) is 18.4 Å². The molecule has 0 saturated carbocycles.